The number of nitrogens with zero attached hydrogens (tertiary/aromatic N) is 12. The summed E-state index contributed by atoms with van der Waals surface area (Å²) in [5.74, 6) is 4.18. The molecule has 0 fully saturated rings. The van der Waals surface area contributed by atoms with Crippen LogP contribution in [0.1, 0.15) is 0 Å². The molecular weight excluding hydrogens is 1800 g/mol. The number of benzene rings is 20. The Labute approximate surface area is 853 Å². The Morgan fingerprint density at radius 2 is 0.304 bits per heavy atom. The van der Waals surface area contributed by atoms with Crippen LogP contribution in [0, 0.1) is 0 Å². The van der Waals surface area contributed by atoms with Crippen molar-refractivity contribution in [1.29, 1.82) is 0 Å². The van der Waals surface area contributed by atoms with Gasteiger partial charge in [-0.1, -0.05) is 413 Å². The highest BCUT2D eigenvalue weighted by atomic mass is 15.2. The third-order valence-electron chi connectivity index (χ3n) is 28.3. The lowest BCUT2D eigenvalue weighted by atomic mass is 10.0. The zero-order valence-electron chi connectivity index (χ0n) is 80.2. The van der Waals surface area contributed by atoms with Crippen LogP contribution in [-0.2, 0) is 0 Å². The van der Waals surface area contributed by atoms with Crippen LogP contribution in [0.25, 0.3) is 268 Å². The van der Waals surface area contributed by atoms with Gasteiger partial charge in [-0.2, -0.15) is 0 Å². The number of hydrogen-bond acceptors (Lipinski definition) is 8. The molecule has 0 bridgehead atoms. The fraction of sp³-hybridized carbons (Fsp3) is 0. The fourth-order valence-corrected chi connectivity index (χ4v) is 21.2. The summed E-state index contributed by atoms with van der Waals surface area (Å²) >= 11 is 0. The van der Waals surface area contributed by atoms with Gasteiger partial charge < -0.3 is 0 Å². The van der Waals surface area contributed by atoms with Crippen LogP contribution in [0.15, 0.2) is 534 Å². The SMILES string of the molecule is c1ccc(-c2cccc(-c3cc(-c4ccccc4)nc(-n4c5ccccc5c5cc(-c6ccc7c(c6)c6ccccc6n7-c6nc(-c7ccccc7)cc(-c7cccc(-c8ccccc8)c7)n6)ccc54)n3)c2)cc1.c1ccc(-c2cccc(-c3cc(-n4c5ccccc5c5cc(-c6ccc7c(c6)c6ccccc6n7-c6cc(-c7cccc(-c8ccccc8)c7)nc(-c7ccccc7)n6)ccc54)nc(-c4ccccc4)n3)c2)cc1. The molecule has 8 heterocycles. The Bertz CT molecular complexity index is 8820. The van der Waals surface area contributed by atoms with Crippen molar-refractivity contribution in [2.45, 2.75) is 0 Å². The van der Waals surface area contributed by atoms with E-state index in [0.29, 0.717) is 23.5 Å². The average Bonchev–Trinajstić information content (AvgIpc) is 1.59. The van der Waals surface area contributed by atoms with Crippen LogP contribution >= 0.6 is 0 Å². The third-order valence-corrected chi connectivity index (χ3v) is 28.3. The van der Waals surface area contributed by atoms with E-state index < -0.39 is 0 Å². The van der Waals surface area contributed by atoms with E-state index >= 15 is 0 Å². The minimum atomic E-state index is 0.616. The van der Waals surface area contributed by atoms with Gasteiger partial charge in [0.1, 0.15) is 11.6 Å². The number of rotatable bonds is 18. The van der Waals surface area contributed by atoms with Gasteiger partial charge in [-0.05, 0) is 176 Å². The largest absolute Gasteiger partial charge is 0.294 e. The smallest absolute Gasteiger partial charge is 0.235 e. The van der Waals surface area contributed by atoms with E-state index in [2.05, 4.69) is 504 Å². The van der Waals surface area contributed by atoms with Gasteiger partial charge in [0.15, 0.2) is 11.6 Å². The topological polar surface area (TPSA) is 123 Å². The van der Waals surface area contributed by atoms with Crippen LogP contribution in [0.4, 0.5) is 0 Å². The standard InChI is InChI=1S/2C68H44N6/c1-5-19-45(20-6-1)49-27-17-29-53(39-49)59-43-65(71-67(69-59)47-23-9-3-10-24-47)73-61-33-15-13-31-55(61)57-41-51(35-37-63(57)73)52-36-38-64-58(42-52)56-32-14-16-34-62(56)74(64)66-44-60(70-68(72-66)48-25-11-4-12-26-48)54-30-18-28-50(40-54)46-21-7-2-8-22-46;1-5-19-45(20-6-1)49-27-17-29-53(39-49)61-43-59(47-23-9-3-10-24-47)69-67(71-61)73-63-33-15-13-31-55(63)57-41-51(35-37-65(57)73)52-36-38-66-58(42-52)56-32-14-16-34-64(56)74(66)68-70-60(48-25-11-4-12-26-48)44-62(72-68)54-30-18-28-50(40-54)46-21-7-2-8-22-46/h2*1-44H. The average molecular weight is 1890 g/mol. The molecule has 12 heteroatoms. The Kier molecular flexibility index (Phi) is 22.0. The van der Waals surface area contributed by atoms with Gasteiger partial charge in [-0.25, -0.2) is 39.9 Å². The molecule has 8 aromatic heterocycles. The van der Waals surface area contributed by atoms with Gasteiger partial charge in [0, 0.05) is 99.7 Å². The Hall–Kier alpha value is -20.1. The van der Waals surface area contributed by atoms with Gasteiger partial charge in [0.2, 0.25) is 11.9 Å². The van der Waals surface area contributed by atoms with Crippen LogP contribution in [-0.4, -0.2) is 58.1 Å². The maximum absolute atomic E-state index is 5.38. The summed E-state index contributed by atoms with van der Waals surface area (Å²) in [4.78, 5) is 42.5. The first-order valence-electron chi connectivity index (χ1n) is 49.9. The maximum atomic E-state index is 5.38. The molecule has 0 aliphatic carbocycles. The molecule has 20 aromatic carbocycles. The highest BCUT2D eigenvalue weighted by Crippen LogP contribution is 2.45. The molecule has 0 saturated carbocycles. The van der Waals surface area contributed by atoms with E-state index in [9.17, 15) is 0 Å². The zero-order chi connectivity index (χ0) is 97.9. The van der Waals surface area contributed by atoms with Gasteiger partial charge in [-0.3, -0.25) is 18.3 Å². The fourth-order valence-electron chi connectivity index (χ4n) is 21.2. The highest BCUT2D eigenvalue weighted by molar-refractivity contribution is 6.15. The summed E-state index contributed by atoms with van der Waals surface area (Å²) < 4.78 is 9.03. The summed E-state index contributed by atoms with van der Waals surface area (Å²) in [6.45, 7) is 0. The second kappa shape index (κ2) is 37.4. The number of hydrogen-bond donors (Lipinski definition) is 0. The van der Waals surface area contributed by atoms with E-state index in [0.717, 1.165) is 244 Å². The van der Waals surface area contributed by atoms with E-state index in [4.69, 9.17) is 39.9 Å². The number of fused-ring (bicyclic) bond motifs is 12. The Morgan fingerprint density at radius 3 is 0.581 bits per heavy atom. The van der Waals surface area contributed by atoms with Crippen molar-refractivity contribution < 1.29 is 0 Å². The first-order chi connectivity index (χ1) is 73.3. The van der Waals surface area contributed by atoms with Crippen molar-refractivity contribution in [3.63, 3.8) is 0 Å². The van der Waals surface area contributed by atoms with Crippen molar-refractivity contribution in [2.75, 3.05) is 0 Å². The molecular formula is C136H88N12. The van der Waals surface area contributed by atoms with Crippen molar-refractivity contribution in [3.05, 3.63) is 534 Å². The lowest BCUT2D eigenvalue weighted by Crippen LogP contribution is -2.04. The molecule has 0 saturated heterocycles. The summed E-state index contributed by atoms with van der Waals surface area (Å²) in [5.41, 5.74) is 35.3. The molecule has 0 aliphatic heterocycles. The first-order valence-corrected chi connectivity index (χ1v) is 49.9. The first kappa shape index (κ1) is 87.0. The van der Waals surface area contributed by atoms with Crippen molar-refractivity contribution in [1.82, 2.24) is 58.1 Å². The quantitative estimate of drug-likeness (QED) is 0.0832. The van der Waals surface area contributed by atoms with Crippen LogP contribution in [0.3, 0.4) is 0 Å². The predicted molar refractivity (Wildman–Crippen MR) is 609 cm³/mol. The summed E-state index contributed by atoms with van der Waals surface area (Å²) in [6.07, 6.45) is 0. The second-order valence-corrected chi connectivity index (χ2v) is 37.3. The molecule has 0 atom stereocenters. The molecule has 0 unspecified atom stereocenters. The monoisotopic (exact) mass is 1890 g/mol. The lowest BCUT2D eigenvalue weighted by Gasteiger charge is -2.13. The summed E-state index contributed by atoms with van der Waals surface area (Å²) in [6, 6.07) is 188. The zero-order valence-corrected chi connectivity index (χ0v) is 80.2. The van der Waals surface area contributed by atoms with Gasteiger partial charge in [0.05, 0.1) is 78.3 Å². The van der Waals surface area contributed by atoms with Gasteiger partial charge in [-0.15, -0.1) is 0 Å². The molecule has 0 N–H and O–H groups in total. The van der Waals surface area contributed by atoms with Crippen LogP contribution < -0.4 is 0 Å². The molecule has 692 valence electrons. The van der Waals surface area contributed by atoms with Crippen LogP contribution in [0.5, 0.6) is 0 Å². The van der Waals surface area contributed by atoms with E-state index in [1.807, 2.05) is 48.5 Å². The van der Waals surface area contributed by atoms with E-state index in [1.165, 1.54) is 0 Å². The molecule has 0 aliphatic rings. The highest BCUT2D eigenvalue weighted by Gasteiger charge is 2.26. The molecule has 0 radical (unpaired) electrons. The summed E-state index contributed by atoms with van der Waals surface area (Å²) in [5, 5.41) is 9.09. The molecule has 0 amide bonds. The van der Waals surface area contributed by atoms with Crippen molar-refractivity contribution in [2.24, 2.45) is 0 Å². The third kappa shape index (κ3) is 16.2. The lowest BCUT2D eigenvalue weighted by molar-refractivity contribution is 0.995. The van der Waals surface area contributed by atoms with Gasteiger partial charge >= 0.3 is 0 Å². The minimum absolute atomic E-state index is 0.616. The Morgan fingerprint density at radius 1 is 0.108 bits per heavy atom. The maximum Gasteiger partial charge on any atom is 0.235 e. The van der Waals surface area contributed by atoms with Gasteiger partial charge in [0.25, 0.3) is 0 Å². The predicted octanol–water partition coefficient (Wildman–Crippen LogP) is 34.3. The minimum Gasteiger partial charge on any atom is -0.294 e. The summed E-state index contributed by atoms with van der Waals surface area (Å²) in [7, 11) is 0. The molecule has 0 spiro atoms. The normalized spacial score (nSPS) is 11.5. The molecule has 12 nitrogen and oxygen atoms in total. The Balaban J connectivity index is 0.000000146. The van der Waals surface area contributed by atoms with Crippen molar-refractivity contribution in [3.8, 4) is 181 Å². The second-order valence-electron chi connectivity index (χ2n) is 37.3. The van der Waals surface area contributed by atoms with Crippen LogP contribution in [0.2, 0.25) is 0 Å². The number of para-hydroxylation sites is 4. The van der Waals surface area contributed by atoms with Crippen molar-refractivity contribution >= 4 is 87.2 Å². The van der Waals surface area contributed by atoms with E-state index in [-0.39, 0.29) is 0 Å². The molecule has 148 heavy (non-hydrogen) atoms. The molecule has 28 rings (SSSR count). The number of aromatic nitrogens is 12. The molecule has 28 aromatic rings. The van der Waals surface area contributed by atoms with E-state index in [1.54, 1.807) is 0 Å².